The maximum absolute atomic E-state index is 12.9. The highest BCUT2D eigenvalue weighted by Crippen LogP contribution is 2.34. The fourth-order valence-corrected chi connectivity index (χ4v) is 5.31. The van der Waals surface area contributed by atoms with Gasteiger partial charge < -0.3 is 10.6 Å². The number of amides is 4. The summed E-state index contributed by atoms with van der Waals surface area (Å²) < 4.78 is 0. The molecule has 0 spiro atoms. The summed E-state index contributed by atoms with van der Waals surface area (Å²) in [5.74, 6) is -0.772. The van der Waals surface area contributed by atoms with Crippen LogP contribution in [0.25, 0.3) is 0 Å². The van der Waals surface area contributed by atoms with Crippen molar-refractivity contribution in [2.24, 2.45) is 5.73 Å². The Bertz CT molecular complexity index is 1150. The SMILES string of the molecule is NC(=O)c1ccc(CN2CCC(c3ccc4c(c3)CN(C3CCC(=O)NC3=O)C4=O)CC2)cc1. The Morgan fingerprint density at radius 1 is 1.00 bits per heavy atom. The highest BCUT2D eigenvalue weighted by molar-refractivity contribution is 6.05. The van der Waals surface area contributed by atoms with Crippen LogP contribution in [-0.2, 0) is 22.7 Å². The summed E-state index contributed by atoms with van der Waals surface area (Å²) in [6.45, 7) is 3.20. The molecular formula is C26H28N4O4. The fraction of sp³-hybridized carbons (Fsp3) is 0.385. The van der Waals surface area contributed by atoms with Gasteiger partial charge in [0.2, 0.25) is 17.7 Å². The van der Waals surface area contributed by atoms with E-state index >= 15 is 0 Å². The minimum Gasteiger partial charge on any atom is -0.366 e. The van der Waals surface area contributed by atoms with Gasteiger partial charge in [-0.25, -0.2) is 0 Å². The van der Waals surface area contributed by atoms with Crippen molar-refractivity contribution in [2.45, 2.75) is 50.7 Å². The molecular weight excluding hydrogens is 432 g/mol. The van der Waals surface area contributed by atoms with Gasteiger partial charge in [-0.3, -0.25) is 29.4 Å². The smallest absolute Gasteiger partial charge is 0.255 e. The average Bonchev–Trinajstić information content (AvgIpc) is 3.15. The zero-order valence-electron chi connectivity index (χ0n) is 19.0. The third-order valence-electron chi connectivity index (χ3n) is 7.25. The molecule has 1 atom stereocenters. The molecule has 2 aromatic carbocycles. The van der Waals surface area contributed by atoms with E-state index in [9.17, 15) is 19.2 Å². The highest BCUT2D eigenvalue weighted by Gasteiger charge is 2.39. The predicted octanol–water partition coefficient (Wildman–Crippen LogP) is 1.93. The molecule has 0 radical (unpaired) electrons. The fourth-order valence-electron chi connectivity index (χ4n) is 5.31. The van der Waals surface area contributed by atoms with Crippen LogP contribution in [0.1, 0.15) is 69.0 Å². The molecule has 0 aliphatic carbocycles. The lowest BCUT2D eigenvalue weighted by Crippen LogP contribution is -2.52. The molecule has 3 heterocycles. The molecule has 0 bridgehead atoms. The first-order valence-electron chi connectivity index (χ1n) is 11.8. The number of hydrogen-bond donors (Lipinski definition) is 2. The van der Waals surface area contributed by atoms with E-state index in [0.29, 0.717) is 30.0 Å². The summed E-state index contributed by atoms with van der Waals surface area (Å²) in [4.78, 5) is 51.9. The zero-order chi connectivity index (χ0) is 23.8. The molecule has 0 saturated carbocycles. The summed E-state index contributed by atoms with van der Waals surface area (Å²) >= 11 is 0. The monoisotopic (exact) mass is 460 g/mol. The van der Waals surface area contributed by atoms with Crippen LogP contribution in [0, 0.1) is 0 Å². The van der Waals surface area contributed by atoms with Crippen molar-refractivity contribution in [3.63, 3.8) is 0 Å². The van der Waals surface area contributed by atoms with Crippen molar-refractivity contribution in [2.75, 3.05) is 13.1 Å². The van der Waals surface area contributed by atoms with Crippen molar-refractivity contribution in [3.05, 3.63) is 70.3 Å². The van der Waals surface area contributed by atoms with Crippen molar-refractivity contribution in [3.8, 4) is 0 Å². The van der Waals surface area contributed by atoms with Gasteiger partial charge in [0.1, 0.15) is 6.04 Å². The third kappa shape index (κ3) is 4.33. The average molecular weight is 461 g/mol. The van der Waals surface area contributed by atoms with Gasteiger partial charge in [0.05, 0.1) is 0 Å². The van der Waals surface area contributed by atoms with E-state index in [4.69, 9.17) is 5.73 Å². The van der Waals surface area contributed by atoms with E-state index in [0.717, 1.165) is 43.6 Å². The van der Waals surface area contributed by atoms with Crippen LogP contribution in [0.4, 0.5) is 0 Å². The maximum Gasteiger partial charge on any atom is 0.255 e. The van der Waals surface area contributed by atoms with Gasteiger partial charge in [0.25, 0.3) is 5.91 Å². The maximum atomic E-state index is 12.9. The standard InChI is InChI=1S/C26H28N4O4/c27-24(32)18-3-1-16(2-4-18)14-29-11-9-17(10-12-29)19-5-6-21-20(13-19)15-30(26(21)34)22-7-8-23(31)28-25(22)33/h1-6,13,17,22H,7-12,14-15H2,(H2,27,32)(H,28,31,33). The van der Waals surface area contributed by atoms with E-state index in [1.807, 2.05) is 24.3 Å². The number of carbonyl (C=O) groups is 4. The Kier molecular flexibility index (Phi) is 5.91. The molecule has 8 nitrogen and oxygen atoms in total. The Balaban J connectivity index is 1.20. The van der Waals surface area contributed by atoms with Crippen LogP contribution in [0.15, 0.2) is 42.5 Å². The van der Waals surface area contributed by atoms with Gasteiger partial charge in [-0.2, -0.15) is 0 Å². The van der Waals surface area contributed by atoms with Gasteiger partial charge in [-0.05, 0) is 73.2 Å². The van der Waals surface area contributed by atoms with E-state index in [1.165, 1.54) is 5.56 Å². The first-order chi connectivity index (χ1) is 16.4. The van der Waals surface area contributed by atoms with Crippen LogP contribution in [0.5, 0.6) is 0 Å². The summed E-state index contributed by atoms with van der Waals surface area (Å²) in [5.41, 5.74) is 9.86. The number of hydrogen-bond acceptors (Lipinski definition) is 5. The normalized spacial score (nSPS) is 21.5. The minimum atomic E-state index is -0.582. The number of primary amides is 1. The number of rotatable bonds is 5. The molecule has 3 N–H and O–H groups in total. The summed E-state index contributed by atoms with van der Waals surface area (Å²) in [7, 11) is 0. The first-order valence-corrected chi connectivity index (χ1v) is 11.8. The van der Waals surface area contributed by atoms with Crippen molar-refractivity contribution in [1.82, 2.24) is 15.1 Å². The molecule has 3 aliphatic heterocycles. The van der Waals surface area contributed by atoms with Gasteiger partial charge in [-0.1, -0.05) is 24.3 Å². The van der Waals surface area contributed by atoms with Crippen LogP contribution < -0.4 is 11.1 Å². The van der Waals surface area contributed by atoms with Crippen LogP contribution >= 0.6 is 0 Å². The summed E-state index contributed by atoms with van der Waals surface area (Å²) in [6.07, 6.45) is 2.70. The number of piperidine rings is 2. The predicted molar refractivity (Wildman–Crippen MR) is 125 cm³/mol. The minimum absolute atomic E-state index is 0.131. The molecule has 3 aliphatic rings. The first kappa shape index (κ1) is 22.3. The van der Waals surface area contributed by atoms with Crippen LogP contribution in [0.3, 0.4) is 0 Å². The molecule has 34 heavy (non-hydrogen) atoms. The molecule has 176 valence electrons. The van der Waals surface area contributed by atoms with Gasteiger partial charge in [0, 0.05) is 30.6 Å². The van der Waals surface area contributed by atoms with Gasteiger partial charge in [-0.15, -0.1) is 0 Å². The quantitative estimate of drug-likeness (QED) is 0.662. The van der Waals surface area contributed by atoms with Crippen LogP contribution in [-0.4, -0.2) is 52.6 Å². The second-order valence-electron chi connectivity index (χ2n) is 9.43. The lowest BCUT2D eigenvalue weighted by Gasteiger charge is -2.32. The van der Waals surface area contributed by atoms with Gasteiger partial charge >= 0.3 is 0 Å². The van der Waals surface area contributed by atoms with Gasteiger partial charge in [0.15, 0.2) is 0 Å². The molecule has 2 aromatic rings. The lowest BCUT2D eigenvalue weighted by atomic mass is 9.87. The van der Waals surface area contributed by atoms with E-state index in [1.54, 1.807) is 17.0 Å². The molecule has 2 fully saturated rings. The number of carbonyl (C=O) groups excluding carboxylic acids is 4. The highest BCUT2D eigenvalue weighted by atomic mass is 16.2. The number of likely N-dealkylation sites (tertiary alicyclic amines) is 1. The number of nitrogens with two attached hydrogens (primary N) is 1. The Labute approximate surface area is 198 Å². The van der Waals surface area contributed by atoms with E-state index in [-0.39, 0.29) is 24.1 Å². The third-order valence-corrected chi connectivity index (χ3v) is 7.25. The zero-order valence-corrected chi connectivity index (χ0v) is 19.0. The van der Waals surface area contributed by atoms with Crippen molar-refractivity contribution >= 4 is 23.6 Å². The molecule has 2 saturated heterocycles. The van der Waals surface area contributed by atoms with E-state index in [2.05, 4.69) is 16.3 Å². The number of imide groups is 1. The molecule has 5 rings (SSSR count). The number of nitrogens with one attached hydrogen (secondary N) is 1. The number of fused-ring (bicyclic) bond motifs is 1. The number of benzene rings is 2. The number of nitrogens with zero attached hydrogens (tertiary/aromatic N) is 2. The van der Waals surface area contributed by atoms with Crippen LogP contribution in [0.2, 0.25) is 0 Å². The topological polar surface area (TPSA) is 113 Å². The molecule has 4 amide bonds. The Morgan fingerprint density at radius 2 is 1.74 bits per heavy atom. The van der Waals surface area contributed by atoms with Crippen molar-refractivity contribution in [1.29, 1.82) is 0 Å². The Hall–Kier alpha value is -3.52. The second-order valence-corrected chi connectivity index (χ2v) is 9.43. The molecule has 8 heteroatoms. The second kappa shape index (κ2) is 9.02. The molecule has 1 unspecified atom stereocenters. The lowest BCUT2D eigenvalue weighted by molar-refractivity contribution is -0.136. The van der Waals surface area contributed by atoms with E-state index < -0.39 is 11.9 Å². The largest absolute Gasteiger partial charge is 0.366 e. The Morgan fingerprint density at radius 3 is 2.41 bits per heavy atom. The van der Waals surface area contributed by atoms with Crippen molar-refractivity contribution < 1.29 is 19.2 Å². The summed E-state index contributed by atoms with van der Waals surface area (Å²) in [5, 5.41) is 2.35. The summed E-state index contributed by atoms with van der Waals surface area (Å²) in [6, 6.07) is 12.9. The molecule has 0 aromatic heterocycles.